The summed E-state index contributed by atoms with van der Waals surface area (Å²) < 4.78 is 0. The molecule has 0 unspecified atom stereocenters. The largest absolute Gasteiger partial charge is 0.299 e. The Labute approximate surface area is 80.9 Å². The Morgan fingerprint density at radius 1 is 1.31 bits per heavy atom. The molecule has 0 aromatic carbocycles. The van der Waals surface area contributed by atoms with E-state index in [2.05, 4.69) is 27.7 Å². The molecular weight excluding hydrogens is 160 g/mol. The summed E-state index contributed by atoms with van der Waals surface area (Å²) in [5.41, 5.74) is 0.401. The Morgan fingerprint density at radius 3 is 2.38 bits per heavy atom. The van der Waals surface area contributed by atoms with Gasteiger partial charge in [-0.3, -0.25) is 4.79 Å². The smallest absolute Gasteiger partial charge is 0.139 e. The van der Waals surface area contributed by atoms with Gasteiger partial charge >= 0.3 is 0 Å². The molecule has 13 heavy (non-hydrogen) atoms. The zero-order valence-corrected chi connectivity index (χ0v) is 9.18. The molecule has 3 rings (SSSR count). The molecule has 2 bridgehead atoms. The monoisotopic (exact) mass is 180 g/mol. The quantitative estimate of drug-likeness (QED) is 0.560. The lowest BCUT2D eigenvalue weighted by Gasteiger charge is -2.55. The number of carbonyl (C=O) groups is 1. The summed E-state index contributed by atoms with van der Waals surface area (Å²) in [6, 6.07) is 0. The van der Waals surface area contributed by atoms with Crippen molar-refractivity contribution < 1.29 is 4.79 Å². The van der Waals surface area contributed by atoms with Gasteiger partial charge in [-0.25, -0.2) is 0 Å². The van der Waals surface area contributed by atoms with Crippen molar-refractivity contribution in [3.05, 3.63) is 0 Å². The molecule has 3 fully saturated rings. The Bertz CT molecular complexity index is 254. The third kappa shape index (κ3) is 1.16. The van der Waals surface area contributed by atoms with Crippen LogP contribution in [0.4, 0.5) is 0 Å². The van der Waals surface area contributed by atoms with Crippen LogP contribution in [-0.2, 0) is 4.79 Å². The molecule has 1 nitrogen and oxygen atoms in total. The van der Waals surface area contributed by atoms with E-state index in [9.17, 15) is 4.79 Å². The second kappa shape index (κ2) is 2.37. The van der Waals surface area contributed by atoms with Crippen LogP contribution in [0.3, 0.4) is 0 Å². The Balaban J connectivity index is 2.37. The normalized spacial score (nSPS) is 48.2. The maximum Gasteiger partial charge on any atom is 0.139 e. The summed E-state index contributed by atoms with van der Waals surface area (Å²) >= 11 is 0. The van der Waals surface area contributed by atoms with E-state index in [4.69, 9.17) is 0 Å². The summed E-state index contributed by atoms with van der Waals surface area (Å²) in [5.74, 6) is 1.91. The van der Waals surface area contributed by atoms with Crippen molar-refractivity contribution in [2.45, 2.75) is 47.0 Å². The van der Waals surface area contributed by atoms with E-state index in [1.54, 1.807) is 0 Å². The molecule has 3 aliphatic rings. The summed E-state index contributed by atoms with van der Waals surface area (Å²) in [4.78, 5) is 11.8. The lowest BCUT2D eigenvalue weighted by molar-refractivity contribution is -0.151. The maximum atomic E-state index is 11.8. The molecular formula is C12H20O. The standard InChI is InChI=1S/C12H20O/c1-8-6-12(4)7-11(2,3)9(8)5-10(12)13/h8-9H,5-7H2,1-4H3/t8-,9+,12-/m0/s1. The lowest BCUT2D eigenvalue weighted by atomic mass is 9.48. The molecule has 0 radical (unpaired) electrons. The van der Waals surface area contributed by atoms with Crippen LogP contribution in [0.25, 0.3) is 0 Å². The van der Waals surface area contributed by atoms with Gasteiger partial charge < -0.3 is 0 Å². The Kier molecular flexibility index (Phi) is 1.68. The number of ketones is 1. The average Bonchev–Trinajstić information content (AvgIpc) is 1.92. The first-order valence-corrected chi connectivity index (χ1v) is 5.38. The molecule has 0 heterocycles. The molecule has 0 aliphatic heterocycles. The average molecular weight is 180 g/mol. The highest BCUT2D eigenvalue weighted by Gasteiger charge is 2.55. The molecule has 1 heteroatoms. The van der Waals surface area contributed by atoms with E-state index in [-0.39, 0.29) is 5.41 Å². The van der Waals surface area contributed by atoms with Gasteiger partial charge in [-0.05, 0) is 30.1 Å². The van der Waals surface area contributed by atoms with Gasteiger partial charge in [-0.1, -0.05) is 27.7 Å². The fourth-order valence-corrected chi connectivity index (χ4v) is 3.97. The first-order chi connectivity index (χ1) is 5.85. The van der Waals surface area contributed by atoms with Crippen molar-refractivity contribution in [2.75, 3.05) is 0 Å². The van der Waals surface area contributed by atoms with Crippen molar-refractivity contribution in [3.63, 3.8) is 0 Å². The van der Waals surface area contributed by atoms with Crippen molar-refractivity contribution in [1.29, 1.82) is 0 Å². The van der Waals surface area contributed by atoms with Crippen LogP contribution in [0.2, 0.25) is 0 Å². The van der Waals surface area contributed by atoms with E-state index < -0.39 is 0 Å². The summed E-state index contributed by atoms with van der Waals surface area (Å²) in [6.45, 7) is 9.15. The minimum absolute atomic E-state index is 0.0116. The third-order valence-electron chi connectivity index (χ3n) is 4.39. The first-order valence-electron chi connectivity index (χ1n) is 5.38. The zero-order chi connectivity index (χ0) is 9.85. The van der Waals surface area contributed by atoms with Crippen LogP contribution in [0, 0.1) is 22.7 Å². The molecule has 0 spiro atoms. The van der Waals surface area contributed by atoms with E-state index >= 15 is 0 Å². The van der Waals surface area contributed by atoms with Crippen LogP contribution in [0.15, 0.2) is 0 Å². The van der Waals surface area contributed by atoms with Crippen molar-refractivity contribution in [3.8, 4) is 0 Å². The molecule has 3 saturated carbocycles. The molecule has 0 amide bonds. The molecule has 0 aromatic rings. The number of carbonyl (C=O) groups excluding carboxylic acids is 1. The van der Waals surface area contributed by atoms with Gasteiger partial charge in [0, 0.05) is 11.8 Å². The van der Waals surface area contributed by atoms with E-state index in [0.29, 0.717) is 17.1 Å². The molecule has 3 atom stereocenters. The van der Waals surface area contributed by atoms with Gasteiger partial charge in [0.2, 0.25) is 0 Å². The summed E-state index contributed by atoms with van der Waals surface area (Å²) in [6.07, 6.45) is 3.07. The zero-order valence-electron chi connectivity index (χ0n) is 9.18. The van der Waals surface area contributed by atoms with Crippen LogP contribution < -0.4 is 0 Å². The van der Waals surface area contributed by atoms with E-state index in [1.165, 1.54) is 0 Å². The predicted molar refractivity (Wildman–Crippen MR) is 53.4 cm³/mol. The van der Waals surface area contributed by atoms with E-state index in [0.717, 1.165) is 25.2 Å². The Morgan fingerprint density at radius 2 is 1.92 bits per heavy atom. The minimum atomic E-state index is 0.0116. The van der Waals surface area contributed by atoms with Crippen molar-refractivity contribution in [1.82, 2.24) is 0 Å². The van der Waals surface area contributed by atoms with Gasteiger partial charge in [0.15, 0.2) is 0 Å². The number of fused-ring (bicyclic) bond motifs is 3. The Hall–Kier alpha value is -0.330. The van der Waals surface area contributed by atoms with Gasteiger partial charge in [0.25, 0.3) is 0 Å². The van der Waals surface area contributed by atoms with E-state index in [1.807, 2.05) is 0 Å². The molecule has 74 valence electrons. The lowest BCUT2D eigenvalue weighted by Crippen LogP contribution is -2.52. The summed E-state index contributed by atoms with van der Waals surface area (Å²) in [5, 5.41) is 0. The maximum absolute atomic E-state index is 11.8. The highest BCUT2D eigenvalue weighted by atomic mass is 16.1. The summed E-state index contributed by atoms with van der Waals surface area (Å²) in [7, 11) is 0. The van der Waals surface area contributed by atoms with Crippen molar-refractivity contribution in [2.24, 2.45) is 22.7 Å². The highest BCUT2D eigenvalue weighted by molar-refractivity contribution is 5.86. The topological polar surface area (TPSA) is 17.1 Å². The van der Waals surface area contributed by atoms with Gasteiger partial charge in [0.1, 0.15) is 5.78 Å². The van der Waals surface area contributed by atoms with Gasteiger partial charge in [0.05, 0.1) is 0 Å². The predicted octanol–water partition coefficient (Wildman–Crippen LogP) is 3.04. The highest BCUT2D eigenvalue weighted by Crippen LogP contribution is 2.58. The fraction of sp³-hybridized carbons (Fsp3) is 0.917. The SMILES string of the molecule is C[C@H]1C[C@@]2(C)CC(C)(C)[C@@H]1CC2=O. The van der Waals surface area contributed by atoms with Crippen molar-refractivity contribution >= 4 is 5.78 Å². The number of Topliss-reactive ketones (excluding diaryl/α,β-unsaturated/α-hetero) is 1. The van der Waals surface area contributed by atoms with Gasteiger partial charge in [-0.2, -0.15) is 0 Å². The molecule has 0 N–H and O–H groups in total. The molecule has 0 aromatic heterocycles. The van der Waals surface area contributed by atoms with Crippen LogP contribution in [-0.4, -0.2) is 5.78 Å². The van der Waals surface area contributed by atoms with Crippen LogP contribution in [0.5, 0.6) is 0 Å². The number of rotatable bonds is 0. The second-order valence-corrected chi connectivity index (χ2v) is 6.14. The fourth-order valence-electron chi connectivity index (χ4n) is 3.97. The number of hydrogen-bond donors (Lipinski definition) is 0. The van der Waals surface area contributed by atoms with Crippen LogP contribution in [0.1, 0.15) is 47.0 Å². The third-order valence-corrected chi connectivity index (χ3v) is 4.39. The molecule has 0 saturated heterocycles. The minimum Gasteiger partial charge on any atom is -0.299 e. The van der Waals surface area contributed by atoms with Crippen LogP contribution >= 0.6 is 0 Å². The molecule has 3 aliphatic carbocycles. The second-order valence-electron chi connectivity index (χ2n) is 6.14. The number of hydrogen-bond acceptors (Lipinski definition) is 1. The van der Waals surface area contributed by atoms with Gasteiger partial charge in [-0.15, -0.1) is 0 Å². The first kappa shape index (κ1) is 9.23.